The Morgan fingerprint density at radius 3 is 2.84 bits per heavy atom. The van der Waals surface area contributed by atoms with Crippen LogP contribution in [0.5, 0.6) is 0 Å². The van der Waals surface area contributed by atoms with Gasteiger partial charge in [-0.1, -0.05) is 0 Å². The number of likely N-dealkylation sites (tertiary alicyclic amines) is 1. The highest BCUT2D eigenvalue weighted by Gasteiger charge is 2.58. The van der Waals surface area contributed by atoms with Gasteiger partial charge in [-0.25, -0.2) is 4.98 Å². The Labute approximate surface area is 150 Å². The lowest BCUT2D eigenvalue weighted by molar-refractivity contribution is -0.130. The van der Waals surface area contributed by atoms with E-state index in [4.69, 9.17) is 0 Å². The largest absolute Gasteiger partial charge is 0.336 e. The number of hydrogen-bond donors (Lipinski definition) is 1. The molecule has 2 aromatic rings. The van der Waals surface area contributed by atoms with Crippen LogP contribution in [0.4, 0.5) is 0 Å². The molecule has 2 fully saturated rings. The number of nitrogens with one attached hydrogen (secondary N) is 1. The van der Waals surface area contributed by atoms with Crippen LogP contribution in [0.25, 0.3) is 0 Å². The molecular formula is C17H21N5O2S. The maximum atomic E-state index is 12.4. The van der Waals surface area contributed by atoms with E-state index >= 15 is 0 Å². The van der Waals surface area contributed by atoms with Crippen molar-refractivity contribution in [3.63, 3.8) is 0 Å². The molecular weight excluding hydrogens is 338 g/mol. The van der Waals surface area contributed by atoms with Gasteiger partial charge in [0, 0.05) is 32.6 Å². The standard InChI is InChI=1S/C17H21N5O2S/c1-12(23)22(9-13-2-7-25-10-13)14-8-17(14)3-5-21(6-4-17)16(24)15-18-11-19-20-15/h2,7,10-11,14H,3-6,8-9H2,1H3,(H,18,19,20). The molecule has 2 aromatic heterocycles. The van der Waals surface area contributed by atoms with E-state index in [0.29, 0.717) is 31.5 Å². The van der Waals surface area contributed by atoms with Gasteiger partial charge in [0.2, 0.25) is 11.7 Å². The molecule has 1 atom stereocenters. The van der Waals surface area contributed by atoms with Crippen LogP contribution in [0.15, 0.2) is 23.2 Å². The summed E-state index contributed by atoms with van der Waals surface area (Å²) in [5, 5.41) is 10.5. The van der Waals surface area contributed by atoms with Gasteiger partial charge in [-0.3, -0.25) is 14.7 Å². The number of piperidine rings is 1. The summed E-state index contributed by atoms with van der Waals surface area (Å²) >= 11 is 1.66. The summed E-state index contributed by atoms with van der Waals surface area (Å²) in [6.07, 6.45) is 4.27. The molecule has 0 aromatic carbocycles. The summed E-state index contributed by atoms with van der Waals surface area (Å²) < 4.78 is 0. The lowest BCUT2D eigenvalue weighted by atomic mass is 9.92. The number of aromatic nitrogens is 3. The first-order valence-electron chi connectivity index (χ1n) is 8.52. The SMILES string of the molecule is CC(=O)N(Cc1ccsc1)C1CC12CCN(C(=O)c1ncn[nH]1)CC2. The molecule has 0 radical (unpaired) electrons. The molecule has 7 nitrogen and oxygen atoms in total. The van der Waals surface area contributed by atoms with Crippen molar-refractivity contribution in [2.24, 2.45) is 5.41 Å². The molecule has 1 unspecified atom stereocenters. The highest BCUT2D eigenvalue weighted by molar-refractivity contribution is 7.07. The number of carbonyl (C=O) groups is 2. The third-order valence-corrected chi connectivity index (χ3v) is 6.26. The van der Waals surface area contributed by atoms with Crippen molar-refractivity contribution in [2.45, 2.75) is 38.8 Å². The maximum Gasteiger partial charge on any atom is 0.291 e. The Kier molecular flexibility index (Phi) is 4.07. The second-order valence-electron chi connectivity index (χ2n) is 6.99. The Balaban J connectivity index is 1.38. The minimum Gasteiger partial charge on any atom is -0.336 e. The molecule has 25 heavy (non-hydrogen) atoms. The molecule has 0 bridgehead atoms. The number of amides is 2. The van der Waals surface area contributed by atoms with Crippen LogP contribution >= 0.6 is 11.3 Å². The van der Waals surface area contributed by atoms with Gasteiger partial charge in [0.05, 0.1) is 0 Å². The third kappa shape index (κ3) is 3.06. The van der Waals surface area contributed by atoms with Gasteiger partial charge in [0.25, 0.3) is 5.91 Å². The predicted molar refractivity (Wildman–Crippen MR) is 92.9 cm³/mol. The van der Waals surface area contributed by atoms with Crippen LogP contribution in [0.1, 0.15) is 42.4 Å². The van der Waals surface area contributed by atoms with Crippen molar-refractivity contribution < 1.29 is 9.59 Å². The summed E-state index contributed by atoms with van der Waals surface area (Å²) in [6.45, 7) is 3.76. The monoisotopic (exact) mass is 359 g/mol. The summed E-state index contributed by atoms with van der Waals surface area (Å²) in [5.74, 6) is 0.339. The smallest absolute Gasteiger partial charge is 0.291 e. The number of aromatic amines is 1. The molecule has 1 aliphatic heterocycles. The third-order valence-electron chi connectivity index (χ3n) is 5.52. The first-order valence-corrected chi connectivity index (χ1v) is 9.46. The van der Waals surface area contributed by atoms with E-state index in [0.717, 1.165) is 19.3 Å². The average molecular weight is 359 g/mol. The van der Waals surface area contributed by atoms with E-state index in [1.54, 1.807) is 18.3 Å². The number of hydrogen-bond acceptors (Lipinski definition) is 5. The zero-order valence-electron chi connectivity index (χ0n) is 14.1. The summed E-state index contributed by atoms with van der Waals surface area (Å²) in [5.41, 5.74) is 1.38. The Bertz CT molecular complexity index is 750. The van der Waals surface area contributed by atoms with Gasteiger partial charge in [0.15, 0.2) is 0 Å². The predicted octanol–water partition coefficient (Wildman–Crippen LogP) is 1.91. The van der Waals surface area contributed by atoms with Gasteiger partial charge in [-0.15, -0.1) is 0 Å². The van der Waals surface area contributed by atoms with Gasteiger partial charge in [-0.2, -0.15) is 16.4 Å². The van der Waals surface area contributed by atoms with Crippen molar-refractivity contribution in [3.8, 4) is 0 Å². The van der Waals surface area contributed by atoms with Gasteiger partial charge >= 0.3 is 0 Å². The Hall–Kier alpha value is -2.22. The number of rotatable bonds is 4. The molecule has 1 saturated heterocycles. The molecule has 1 N–H and O–H groups in total. The van der Waals surface area contributed by atoms with E-state index in [-0.39, 0.29) is 17.2 Å². The normalized spacial score (nSPS) is 21.3. The van der Waals surface area contributed by atoms with Crippen molar-refractivity contribution in [3.05, 3.63) is 34.5 Å². The molecule has 2 amide bonds. The summed E-state index contributed by atoms with van der Waals surface area (Å²) in [7, 11) is 0. The molecule has 8 heteroatoms. The molecule has 1 spiro atoms. The van der Waals surface area contributed by atoms with Crippen molar-refractivity contribution in [1.82, 2.24) is 25.0 Å². The fourth-order valence-electron chi connectivity index (χ4n) is 3.94. The highest BCUT2D eigenvalue weighted by atomic mass is 32.1. The first kappa shape index (κ1) is 16.3. The topological polar surface area (TPSA) is 82.2 Å². The molecule has 4 rings (SSSR count). The van der Waals surface area contributed by atoms with Crippen molar-refractivity contribution in [1.29, 1.82) is 0 Å². The number of H-pyrrole nitrogens is 1. The first-order chi connectivity index (χ1) is 12.1. The quantitative estimate of drug-likeness (QED) is 0.904. The van der Waals surface area contributed by atoms with Gasteiger partial charge in [0.1, 0.15) is 6.33 Å². The fraction of sp³-hybridized carbons (Fsp3) is 0.529. The molecule has 2 aliphatic rings. The van der Waals surface area contributed by atoms with Crippen LogP contribution < -0.4 is 0 Å². The Morgan fingerprint density at radius 1 is 1.44 bits per heavy atom. The lowest BCUT2D eigenvalue weighted by Gasteiger charge is -2.34. The van der Waals surface area contributed by atoms with E-state index < -0.39 is 0 Å². The minimum absolute atomic E-state index is 0.0914. The van der Waals surface area contributed by atoms with Crippen molar-refractivity contribution >= 4 is 23.2 Å². The number of nitrogens with zero attached hydrogens (tertiary/aromatic N) is 4. The van der Waals surface area contributed by atoms with Gasteiger partial charge in [-0.05, 0) is 47.1 Å². The van der Waals surface area contributed by atoms with E-state index in [1.165, 1.54) is 11.9 Å². The molecule has 1 saturated carbocycles. The summed E-state index contributed by atoms with van der Waals surface area (Å²) in [4.78, 5) is 32.3. The van der Waals surface area contributed by atoms with E-state index in [1.807, 2.05) is 15.2 Å². The second kappa shape index (κ2) is 6.25. The summed E-state index contributed by atoms with van der Waals surface area (Å²) in [6, 6.07) is 2.38. The van der Waals surface area contributed by atoms with Crippen LogP contribution in [0.3, 0.4) is 0 Å². The lowest BCUT2D eigenvalue weighted by Crippen LogP contribution is -2.42. The van der Waals surface area contributed by atoms with Crippen LogP contribution in [0, 0.1) is 5.41 Å². The Morgan fingerprint density at radius 2 is 2.24 bits per heavy atom. The van der Waals surface area contributed by atoms with E-state index in [9.17, 15) is 9.59 Å². The molecule has 132 valence electrons. The zero-order valence-corrected chi connectivity index (χ0v) is 15.0. The molecule has 1 aliphatic carbocycles. The minimum atomic E-state index is -0.0914. The van der Waals surface area contributed by atoms with E-state index in [2.05, 4.69) is 26.6 Å². The highest BCUT2D eigenvalue weighted by Crippen LogP contribution is 2.57. The second-order valence-corrected chi connectivity index (χ2v) is 7.77. The number of carbonyl (C=O) groups excluding carboxylic acids is 2. The fourth-order valence-corrected chi connectivity index (χ4v) is 4.60. The van der Waals surface area contributed by atoms with Crippen molar-refractivity contribution in [2.75, 3.05) is 13.1 Å². The van der Waals surface area contributed by atoms with Gasteiger partial charge < -0.3 is 9.80 Å². The molecule has 3 heterocycles. The number of thiophene rings is 1. The average Bonchev–Trinajstić information content (AvgIpc) is 3.07. The van der Waals surface area contributed by atoms with Crippen LogP contribution in [-0.4, -0.2) is 55.9 Å². The maximum absolute atomic E-state index is 12.4. The van der Waals surface area contributed by atoms with Crippen LogP contribution in [-0.2, 0) is 11.3 Å². The van der Waals surface area contributed by atoms with Crippen LogP contribution in [0.2, 0.25) is 0 Å². The zero-order chi connectivity index (χ0) is 17.4.